The second kappa shape index (κ2) is 21.2. The molecule has 0 saturated heterocycles. The zero-order chi connectivity index (χ0) is 42.3. The molecular formula is C55H68NO3P+2. The van der Waals surface area contributed by atoms with Crippen molar-refractivity contribution in [1.29, 1.82) is 0 Å². The van der Waals surface area contributed by atoms with Crippen molar-refractivity contribution in [3.05, 3.63) is 187 Å². The standard InChI is InChI=1S/C55H68NO3P/c1-54(2,3)45-55(4,5)48-31-35-50(36-32-48)59-41-40-57-39-37-56(6,43-46-21-11-7-12-22-46)44-47-29-33-49(34-30-47)58-38-19-20-42-60(51-23-13-8-14-24-51,52-25-15-9-16-26-52)53-27-17-10-18-28-53/h7-18,21-36H,19-20,37-45H2,1-6H3/q+2. The Balaban J connectivity index is 1.000. The molecule has 4 nitrogen and oxygen atoms in total. The summed E-state index contributed by atoms with van der Waals surface area (Å²) in [6.45, 7) is 16.7. The highest BCUT2D eigenvalue weighted by atomic mass is 31.2. The quantitative estimate of drug-likeness (QED) is 0.0388. The summed E-state index contributed by atoms with van der Waals surface area (Å²) in [6, 6.07) is 61.6. The number of hydrogen-bond acceptors (Lipinski definition) is 3. The molecule has 1 atom stereocenters. The first-order chi connectivity index (χ1) is 28.9. The summed E-state index contributed by atoms with van der Waals surface area (Å²) in [5.74, 6) is 1.82. The minimum Gasteiger partial charge on any atom is -0.494 e. The molecule has 5 heteroatoms. The van der Waals surface area contributed by atoms with Gasteiger partial charge in [-0.3, -0.25) is 0 Å². The number of hydrogen-bond donors (Lipinski definition) is 0. The maximum atomic E-state index is 6.37. The number of unbranched alkanes of at least 4 members (excludes halogenated alkanes) is 1. The van der Waals surface area contributed by atoms with Crippen molar-refractivity contribution in [2.24, 2.45) is 5.41 Å². The van der Waals surface area contributed by atoms with Crippen molar-refractivity contribution < 1.29 is 18.7 Å². The van der Waals surface area contributed by atoms with Crippen LogP contribution < -0.4 is 25.4 Å². The molecule has 0 fully saturated rings. The fraction of sp³-hybridized carbons (Fsp3) is 0.345. The maximum Gasteiger partial charge on any atom is 0.119 e. The highest BCUT2D eigenvalue weighted by molar-refractivity contribution is 7.95. The second-order valence-corrected chi connectivity index (χ2v) is 22.1. The van der Waals surface area contributed by atoms with Gasteiger partial charge in [0.1, 0.15) is 60.9 Å². The van der Waals surface area contributed by atoms with Crippen molar-refractivity contribution in [2.45, 2.75) is 72.4 Å². The van der Waals surface area contributed by atoms with Crippen molar-refractivity contribution in [2.75, 3.05) is 46.2 Å². The Bertz CT molecular complexity index is 2020. The summed E-state index contributed by atoms with van der Waals surface area (Å²) in [5, 5.41) is 4.31. The summed E-state index contributed by atoms with van der Waals surface area (Å²) in [6.07, 6.45) is 4.30. The smallest absolute Gasteiger partial charge is 0.119 e. The van der Waals surface area contributed by atoms with Gasteiger partial charge in [0.15, 0.2) is 0 Å². The van der Waals surface area contributed by atoms with Crippen molar-refractivity contribution in [3.8, 4) is 11.5 Å². The first kappa shape index (κ1) is 44.8. The molecule has 6 aromatic rings. The molecule has 60 heavy (non-hydrogen) atoms. The van der Waals surface area contributed by atoms with Crippen LogP contribution in [0.4, 0.5) is 0 Å². The average molecular weight is 822 g/mol. The fourth-order valence-corrected chi connectivity index (χ4v) is 13.3. The molecule has 0 amide bonds. The van der Waals surface area contributed by atoms with Gasteiger partial charge in [-0.15, -0.1) is 0 Å². The van der Waals surface area contributed by atoms with E-state index < -0.39 is 7.26 Å². The van der Waals surface area contributed by atoms with Gasteiger partial charge in [-0.25, -0.2) is 0 Å². The van der Waals surface area contributed by atoms with E-state index in [1.54, 1.807) is 0 Å². The topological polar surface area (TPSA) is 27.7 Å². The first-order valence-corrected chi connectivity index (χ1v) is 23.9. The summed E-state index contributed by atoms with van der Waals surface area (Å²) < 4.78 is 19.5. The minimum absolute atomic E-state index is 0.117. The van der Waals surface area contributed by atoms with Crippen molar-refractivity contribution >= 4 is 23.2 Å². The molecule has 0 bridgehead atoms. The largest absolute Gasteiger partial charge is 0.494 e. The van der Waals surface area contributed by atoms with Crippen molar-refractivity contribution in [3.63, 3.8) is 0 Å². The molecular weight excluding hydrogens is 754 g/mol. The molecule has 314 valence electrons. The molecule has 0 aliphatic carbocycles. The number of likely N-dealkylation sites (N-methyl/N-ethyl adjacent to an activating group) is 1. The summed E-state index contributed by atoms with van der Waals surface area (Å²) in [5.41, 5.74) is 4.36. The SMILES string of the molecule is CC(C)(C)CC(C)(C)c1ccc(OCCOCC[N+](C)(Cc2ccccc2)Cc2ccc(OCCCC[P+](c3ccccc3)(c3ccccc3)c3ccccc3)cc2)cc1. The van der Waals surface area contributed by atoms with Crippen LogP contribution in [-0.4, -0.2) is 50.7 Å². The molecule has 1 unspecified atom stereocenters. The number of quaternary nitrogens is 1. The lowest BCUT2D eigenvalue weighted by Gasteiger charge is -2.35. The van der Waals surface area contributed by atoms with E-state index in [0.29, 0.717) is 26.4 Å². The number of benzene rings is 6. The Labute approximate surface area is 362 Å². The molecule has 0 heterocycles. The van der Waals surface area contributed by atoms with Crippen LogP contribution in [0.3, 0.4) is 0 Å². The van der Waals surface area contributed by atoms with E-state index >= 15 is 0 Å². The van der Waals surface area contributed by atoms with Gasteiger partial charge < -0.3 is 18.7 Å². The van der Waals surface area contributed by atoms with Gasteiger partial charge in [0.05, 0.1) is 33.0 Å². The van der Waals surface area contributed by atoms with Crippen LogP contribution >= 0.6 is 7.26 Å². The third kappa shape index (κ3) is 12.9. The molecule has 6 aromatic carbocycles. The molecule has 0 aliphatic rings. The normalized spacial score (nSPS) is 13.1. The van der Waals surface area contributed by atoms with Gasteiger partial charge in [-0.2, -0.15) is 0 Å². The summed E-state index contributed by atoms with van der Waals surface area (Å²) >= 11 is 0. The van der Waals surface area contributed by atoms with E-state index in [-0.39, 0.29) is 10.8 Å². The van der Waals surface area contributed by atoms with Crippen LogP contribution in [0, 0.1) is 5.41 Å². The third-order valence-electron chi connectivity index (χ3n) is 11.5. The lowest BCUT2D eigenvalue weighted by atomic mass is 9.72. The molecule has 6 rings (SSSR count). The Morgan fingerprint density at radius 1 is 0.467 bits per heavy atom. The van der Waals surface area contributed by atoms with Gasteiger partial charge in [0.25, 0.3) is 0 Å². The molecule has 0 spiro atoms. The Hall–Kier alpha value is -4.73. The number of nitrogens with zero attached hydrogens (tertiary/aromatic N) is 1. The number of ether oxygens (including phenoxy) is 3. The van der Waals surface area contributed by atoms with E-state index in [1.807, 2.05) is 0 Å². The summed E-state index contributed by atoms with van der Waals surface area (Å²) in [4.78, 5) is 0. The van der Waals surface area contributed by atoms with Crippen LogP contribution in [0.25, 0.3) is 0 Å². The molecule has 0 N–H and O–H groups in total. The molecule has 0 saturated carbocycles. The average Bonchev–Trinajstić information content (AvgIpc) is 3.25. The predicted octanol–water partition coefficient (Wildman–Crippen LogP) is 11.8. The van der Waals surface area contributed by atoms with Crippen molar-refractivity contribution in [1.82, 2.24) is 0 Å². The van der Waals surface area contributed by atoms with Crippen LogP contribution in [0.1, 0.15) is 70.6 Å². The predicted molar refractivity (Wildman–Crippen MR) is 256 cm³/mol. The molecule has 0 radical (unpaired) electrons. The Morgan fingerprint density at radius 3 is 1.42 bits per heavy atom. The molecule has 0 aliphatic heterocycles. The van der Waals surface area contributed by atoms with Crippen LogP contribution in [0.15, 0.2) is 170 Å². The van der Waals surface area contributed by atoms with E-state index in [0.717, 1.165) is 61.0 Å². The zero-order valence-electron chi connectivity index (χ0n) is 37.1. The third-order valence-corrected chi connectivity index (χ3v) is 16.0. The number of rotatable bonds is 22. The maximum absolute atomic E-state index is 6.37. The van der Waals surface area contributed by atoms with Gasteiger partial charge in [0, 0.05) is 11.1 Å². The van der Waals surface area contributed by atoms with Gasteiger partial charge >= 0.3 is 0 Å². The monoisotopic (exact) mass is 821 g/mol. The first-order valence-electron chi connectivity index (χ1n) is 21.9. The van der Waals surface area contributed by atoms with E-state index in [2.05, 4.69) is 212 Å². The fourth-order valence-electron chi connectivity index (χ4n) is 8.93. The zero-order valence-corrected chi connectivity index (χ0v) is 38.0. The lowest BCUT2D eigenvalue weighted by Crippen LogP contribution is -2.45. The van der Waals surface area contributed by atoms with Gasteiger partial charge in [0.2, 0.25) is 0 Å². The summed E-state index contributed by atoms with van der Waals surface area (Å²) in [7, 11) is 0.508. The minimum atomic E-state index is -1.83. The van der Waals surface area contributed by atoms with Gasteiger partial charge in [-0.1, -0.05) is 132 Å². The highest BCUT2D eigenvalue weighted by Gasteiger charge is 2.44. The Kier molecular flexibility index (Phi) is 15.8. The van der Waals surface area contributed by atoms with E-state index in [1.165, 1.54) is 32.6 Å². The van der Waals surface area contributed by atoms with E-state index in [4.69, 9.17) is 14.2 Å². The van der Waals surface area contributed by atoms with E-state index in [9.17, 15) is 0 Å². The Morgan fingerprint density at radius 2 is 0.917 bits per heavy atom. The second-order valence-electron chi connectivity index (χ2n) is 18.5. The van der Waals surface area contributed by atoms with Gasteiger partial charge in [-0.05, 0) is 108 Å². The molecule has 0 aromatic heterocycles. The lowest BCUT2D eigenvalue weighted by molar-refractivity contribution is -0.935. The van der Waals surface area contributed by atoms with Crippen LogP contribution in [-0.2, 0) is 23.2 Å². The van der Waals surface area contributed by atoms with Crippen LogP contribution in [0.5, 0.6) is 11.5 Å². The highest BCUT2D eigenvalue weighted by Crippen LogP contribution is 2.56. The van der Waals surface area contributed by atoms with Crippen LogP contribution in [0.2, 0.25) is 0 Å².